The van der Waals surface area contributed by atoms with Crippen molar-refractivity contribution in [3.63, 3.8) is 0 Å². The minimum Gasteiger partial charge on any atom is -0.457 e. The molecule has 0 fully saturated rings. The number of hydrazone groups is 1. The first kappa shape index (κ1) is 19.0. The molecular formula is C21H17ClN2O2S. The standard InChI is InChI=1S/C21H17ClN2O2S/c22-16-8-12-19(13-9-16)27-21(20(25)14-24-23)15-6-10-18(11-7-15)26-17-4-2-1-3-5-17/h1-14,21H,23H2. The quantitative estimate of drug-likeness (QED) is 0.248. The van der Waals surface area contributed by atoms with E-state index in [9.17, 15) is 4.79 Å². The lowest BCUT2D eigenvalue weighted by Gasteiger charge is -2.15. The molecule has 3 aromatic rings. The number of nitrogens with two attached hydrogens (primary N) is 1. The van der Waals surface area contributed by atoms with Gasteiger partial charge in [-0.05, 0) is 54.1 Å². The van der Waals surface area contributed by atoms with Gasteiger partial charge in [0.1, 0.15) is 11.5 Å². The summed E-state index contributed by atoms with van der Waals surface area (Å²) in [5, 5.41) is 3.56. The number of benzene rings is 3. The van der Waals surface area contributed by atoms with Crippen LogP contribution in [0, 0.1) is 0 Å². The van der Waals surface area contributed by atoms with Crippen molar-refractivity contribution in [1.29, 1.82) is 0 Å². The molecule has 136 valence electrons. The van der Waals surface area contributed by atoms with Gasteiger partial charge >= 0.3 is 0 Å². The van der Waals surface area contributed by atoms with Gasteiger partial charge in [-0.25, -0.2) is 0 Å². The average Bonchev–Trinajstić information content (AvgIpc) is 2.69. The van der Waals surface area contributed by atoms with Crippen LogP contribution in [-0.2, 0) is 4.79 Å². The highest BCUT2D eigenvalue weighted by Gasteiger charge is 2.21. The van der Waals surface area contributed by atoms with Crippen molar-refractivity contribution < 1.29 is 9.53 Å². The van der Waals surface area contributed by atoms with E-state index in [-0.39, 0.29) is 5.78 Å². The van der Waals surface area contributed by atoms with Crippen molar-refractivity contribution in [3.8, 4) is 11.5 Å². The zero-order valence-electron chi connectivity index (χ0n) is 14.3. The molecule has 0 saturated heterocycles. The number of Topliss-reactive ketones (excluding diaryl/α,β-unsaturated/α-hetero) is 1. The van der Waals surface area contributed by atoms with Crippen molar-refractivity contribution in [2.45, 2.75) is 10.1 Å². The van der Waals surface area contributed by atoms with Gasteiger partial charge < -0.3 is 10.6 Å². The molecule has 6 heteroatoms. The summed E-state index contributed by atoms with van der Waals surface area (Å²) < 4.78 is 5.80. The number of ether oxygens (including phenoxy) is 1. The fourth-order valence-corrected chi connectivity index (χ4v) is 3.58. The lowest BCUT2D eigenvalue weighted by molar-refractivity contribution is -0.112. The van der Waals surface area contributed by atoms with Crippen LogP contribution in [0.5, 0.6) is 11.5 Å². The van der Waals surface area contributed by atoms with Gasteiger partial charge in [0.2, 0.25) is 0 Å². The van der Waals surface area contributed by atoms with E-state index in [1.54, 1.807) is 12.1 Å². The zero-order chi connectivity index (χ0) is 19.1. The summed E-state index contributed by atoms with van der Waals surface area (Å²) in [4.78, 5) is 13.4. The van der Waals surface area contributed by atoms with Crippen LogP contribution < -0.4 is 10.6 Å². The smallest absolute Gasteiger partial charge is 0.193 e. The molecule has 3 aromatic carbocycles. The van der Waals surface area contributed by atoms with Crippen LogP contribution in [0.25, 0.3) is 0 Å². The molecule has 4 nitrogen and oxygen atoms in total. The minimum atomic E-state index is -0.468. The number of carbonyl (C=O) groups excluding carboxylic acids is 1. The molecule has 0 amide bonds. The molecule has 0 aliphatic heterocycles. The van der Waals surface area contributed by atoms with Crippen molar-refractivity contribution >= 4 is 35.4 Å². The molecule has 0 aliphatic rings. The number of hydrogen-bond acceptors (Lipinski definition) is 5. The fourth-order valence-electron chi connectivity index (χ4n) is 2.42. The summed E-state index contributed by atoms with van der Waals surface area (Å²) in [5.74, 6) is 6.43. The monoisotopic (exact) mass is 396 g/mol. The molecule has 0 radical (unpaired) electrons. The predicted octanol–water partition coefficient (Wildman–Crippen LogP) is 5.48. The Morgan fingerprint density at radius 3 is 2.22 bits per heavy atom. The first-order valence-electron chi connectivity index (χ1n) is 8.18. The van der Waals surface area contributed by atoms with Crippen LogP contribution in [0.1, 0.15) is 10.8 Å². The SMILES string of the molecule is NN=CC(=O)C(Sc1ccc(Cl)cc1)c1ccc(Oc2ccccc2)cc1. The van der Waals surface area contributed by atoms with Crippen molar-refractivity contribution in [2.24, 2.45) is 10.9 Å². The van der Waals surface area contributed by atoms with Gasteiger partial charge in [-0.2, -0.15) is 5.10 Å². The molecule has 0 aromatic heterocycles. The zero-order valence-corrected chi connectivity index (χ0v) is 15.9. The summed E-state index contributed by atoms with van der Waals surface area (Å²) in [6, 6.07) is 24.3. The Bertz CT molecular complexity index is 913. The molecule has 0 spiro atoms. The Hall–Kier alpha value is -2.76. The van der Waals surface area contributed by atoms with E-state index < -0.39 is 5.25 Å². The normalized spacial score (nSPS) is 12.0. The molecule has 0 saturated carbocycles. The van der Waals surface area contributed by atoms with Crippen LogP contribution in [-0.4, -0.2) is 12.0 Å². The highest BCUT2D eigenvalue weighted by atomic mass is 35.5. The molecule has 2 N–H and O–H groups in total. The molecule has 27 heavy (non-hydrogen) atoms. The van der Waals surface area contributed by atoms with Gasteiger partial charge in [0.05, 0.1) is 11.5 Å². The van der Waals surface area contributed by atoms with Crippen molar-refractivity contribution in [3.05, 3.63) is 89.4 Å². The highest BCUT2D eigenvalue weighted by molar-refractivity contribution is 8.00. The molecular weight excluding hydrogens is 380 g/mol. The molecule has 3 rings (SSSR count). The summed E-state index contributed by atoms with van der Waals surface area (Å²) in [6.07, 6.45) is 1.14. The maximum Gasteiger partial charge on any atom is 0.193 e. The minimum absolute atomic E-state index is 0.186. The lowest BCUT2D eigenvalue weighted by atomic mass is 10.1. The molecule has 0 heterocycles. The van der Waals surface area contributed by atoms with Crippen LogP contribution in [0.4, 0.5) is 0 Å². The second kappa shape index (κ2) is 9.26. The average molecular weight is 397 g/mol. The van der Waals surface area contributed by atoms with Crippen LogP contribution in [0.15, 0.2) is 88.9 Å². The number of rotatable bonds is 7. The Kier molecular flexibility index (Phi) is 6.52. The topological polar surface area (TPSA) is 64.7 Å². The second-order valence-electron chi connectivity index (χ2n) is 5.62. The summed E-state index contributed by atoms with van der Waals surface area (Å²) in [5.41, 5.74) is 0.834. The maximum atomic E-state index is 12.5. The first-order chi connectivity index (χ1) is 13.2. The molecule has 0 bridgehead atoms. The number of hydrogen-bond donors (Lipinski definition) is 1. The molecule has 1 unspecified atom stereocenters. The highest BCUT2D eigenvalue weighted by Crippen LogP contribution is 2.37. The van der Waals surface area contributed by atoms with E-state index >= 15 is 0 Å². The van der Waals surface area contributed by atoms with Crippen molar-refractivity contribution in [2.75, 3.05) is 0 Å². The third kappa shape index (κ3) is 5.36. The van der Waals surface area contributed by atoms with E-state index in [1.165, 1.54) is 11.8 Å². The number of halogens is 1. The third-order valence-corrected chi connectivity index (χ3v) is 5.23. The largest absolute Gasteiger partial charge is 0.457 e. The first-order valence-corrected chi connectivity index (χ1v) is 9.43. The third-order valence-electron chi connectivity index (χ3n) is 3.69. The van der Waals surface area contributed by atoms with Gasteiger partial charge in [-0.3, -0.25) is 4.79 Å². The van der Waals surface area contributed by atoms with E-state index in [2.05, 4.69) is 5.10 Å². The lowest BCUT2D eigenvalue weighted by Crippen LogP contribution is -2.11. The number of thioether (sulfide) groups is 1. The second-order valence-corrected chi connectivity index (χ2v) is 7.23. The summed E-state index contributed by atoms with van der Waals surface area (Å²) in [7, 11) is 0. The molecule has 0 aliphatic carbocycles. The van der Waals surface area contributed by atoms with Crippen LogP contribution in [0.2, 0.25) is 5.02 Å². The van der Waals surface area contributed by atoms with E-state index in [0.29, 0.717) is 10.8 Å². The van der Waals surface area contributed by atoms with Gasteiger partial charge in [0, 0.05) is 9.92 Å². The fraction of sp³-hybridized carbons (Fsp3) is 0.0476. The number of nitrogens with zero attached hydrogens (tertiary/aromatic N) is 1. The Morgan fingerprint density at radius 1 is 0.963 bits per heavy atom. The summed E-state index contributed by atoms with van der Waals surface area (Å²) in [6.45, 7) is 0. The number of para-hydroxylation sites is 1. The van der Waals surface area contributed by atoms with Gasteiger partial charge in [0.25, 0.3) is 0 Å². The van der Waals surface area contributed by atoms with Crippen LogP contribution in [0.3, 0.4) is 0 Å². The van der Waals surface area contributed by atoms with E-state index in [0.717, 1.165) is 22.4 Å². The Labute approximate surface area is 167 Å². The Balaban J connectivity index is 1.81. The molecule has 1 atom stereocenters. The predicted molar refractivity (Wildman–Crippen MR) is 111 cm³/mol. The Morgan fingerprint density at radius 2 is 1.59 bits per heavy atom. The maximum absolute atomic E-state index is 12.5. The van der Waals surface area contributed by atoms with Crippen LogP contribution >= 0.6 is 23.4 Å². The summed E-state index contributed by atoms with van der Waals surface area (Å²) >= 11 is 7.35. The van der Waals surface area contributed by atoms with Crippen molar-refractivity contribution in [1.82, 2.24) is 0 Å². The number of carbonyl (C=O) groups is 1. The van der Waals surface area contributed by atoms with E-state index in [4.69, 9.17) is 22.2 Å². The van der Waals surface area contributed by atoms with Gasteiger partial charge in [-0.15, -0.1) is 11.8 Å². The van der Waals surface area contributed by atoms with E-state index in [1.807, 2.05) is 66.7 Å². The van der Waals surface area contributed by atoms with Gasteiger partial charge in [-0.1, -0.05) is 41.9 Å². The number of ketones is 1. The van der Waals surface area contributed by atoms with Gasteiger partial charge in [0.15, 0.2) is 5.78 Å².